The molecule has 0 saturated carbocycles. The number of fused-ring (bicyclic) bond motifs is 1. The summed E-state index contributed by atoms with van der Waals surface area (Å²) in [5.74, 6) is 0. The summed E-state index contributed by atoms with van der Waals surface area (Å²) in [4.78, 5) is 0.353. The molecule has 19 heavy (non-hydrogen) atoms. The highest BCUT2D eigenvalue weighted by Gasteiger charge is 2.39. The summed E-state index contributed by atoms with van der Waals surface area (Å²) >= 11 is 0. The van der Waals surface area contributed by atoms with E-state index in [2.05, 4.69) is 38.3 Å². The van der Waals surface area contributed by atoms with Gasteiger partial charge in [-0.3, -0.25) is 0 Å². The zero-order valence-electron chi connectivity index (χ0n) is 12.2. The zero-order valence-corrected chi connectivity index (χ0v) is 13.0. The van der Waals surface area contributed by atoms with Crippen LogP contribution in [0.4, 0.5) is 11.4 Å². The first-order valence-electron chi connectivity index (χ1n) is 6.40. The third-order valence-corrected chi connectivity index (χ3v) is 5.41. The van der Waals surface area contributed by atoms with Crippen LogP contribution in [0.15, 0.2) is 23.1 Å². The minimum absolute atomic E-state index is 0.0131. The van der Waals surface area contributed by atoms with E-state index in [1.807, 2.05) is 6.07 Å². The van der Waals surface area contributed by atoms with Crippen LogP contribution in [0.5, 0.6) is 0 Å². The Hall–Kier alpha value is -1.23. The summed E-state index contributed by atoms with van der Waals surface area (Å²) < 4.78 is 23.7. The van der Waals surface area contributed by atoms with Crippen LogP contribution in [0, 0.1) is 5.41 Å². The van der Waals surface area contributed by atoms with Gasteiger partial charge >= 0.3 is 0 Å². The lowest BCUT2D eigenvalue weighted by Crippen LogP contribution is -2.47. The van der Waals surface area contributed by atoms with Crippen molar-refractivity contribution in [2.75, 3.05) is 23.4 Å². The molecule has 0 spiro atoms. The van der Waals surface area contributed by atoms with Gasteiger partial charge < -0.3 is 10.6 Å². The number of benzene rings is 1. The zero-order chi connectivity index (χ0) is 14.5. The van der Waals surface area contributed by atoms with Gasteiger partial charge in [0.2, 0.25) is 0 Å². The lowest BCUT2D eigenvalue weighted by molar-refractivity contribution is 0.245. The van der Waals surface area contributed by atoms with Crippen LogP contribution in [0.25, 0.3) is 0 Å². The van der Waals surface area contributed by atoms with E-state index in [0.29, 0.717) is 17.1 Å². The molecule has 1 aromatic rings. The lowest BCUT2D eigenvalue weighted by Gasteiger charge is -2.41. The van der Waals surface area contributed by atoms with Gasteiger partial charge in [0.05, 0.1) is 16.3 Å². The van der Waals surface area contributed by atoms with Gasteiger partial charge in [0.25, 0.3) is 0 Å². The number of nitrogens with one attached hydrogen (secondary N) is 2. The van der Waals surface area contributed by atoms with Crippen molar-refractivity contribution in [2.24, 2.45) is 5.41 Å². The number of para-hydroxylation sites is 1. The van der Waals surface area contributed by atoms with E-state index in [1.165, 1.54) is 6.26 Å². The monoisotopic (exact) mass is 282 g/mol. The minimum atomic E-state index is -3.24. The molecule has 1 heterocycles. The standard InChI is InChI=1S/C14H22N2O2S/c1-13(2)9-15-12-10(16-14(13,3)4)7-6-8-11(12)19(5,17)18/h6-8,15-16H,9H2,1-5H3. The fraction of sp³-hybridized carbons (Fsp3) is 0.571. The third-order valence-electron chi connectivity index (χ3n) is 4.27. The van der Waals surface area contributed by atoms with Crippen molar-refractivity contribution in [3.05, 3.63) is 18.2 Å². The molecule has 0 aliphatic carbocycles. The molecule has 0 radical (unpaired) electrons. The summed E-state index contributed by atoms with van der Waals surface area (Å²) in [5.41, 5.74) is 1.38. The van der Waals surface area contributed by atoms with Gasteiger partial charge in [0.15, 0.2) is 9.84 Å². The molecule has 2 rings (SSSR count). The van der Waals surface area contributed by atoms with Crippen molar-refractivity contribution in [2.45, 2.75) is 38.1 Å². The smallest absolute Gasteiger partial charge is 0.177 e. The van der Waals surface area contributed by atoms with Crippen molar-refractivity contribution in [3.8, 4) is 0 Å². The molecule has 1 aliphatic rings. The minimum Gasteiger partial charge on any atom is -0.382 e. The van der Waals surface area contributed by atoms with Gasteiger partial charge in [-0.05, 0) is 26.0 Å². The molecule has 4 nitrogen and oxygen atoms in total. The molecule has 1 aromatic carbocycles. The second-order valence-corrected chi connectivity index (χ2v) is 8.42. The molecular weight excluding hydrogens is 260 g/mol. The molecule has 5 heteroatoms. The van der Waals surface area contributed by atoms with Crippen LogP contribution in [-0.2, 0) is 9.84 Å². The van der Waals surface area contributed by atoms with Crippen molar-refractivity contribution >= 4 is 21.2 Å². The Balaban J connectivity index is 2.60. The van der Waals surface area contributed by atoms with Crippen LogP contribution in [-0.4, -0.2) is 26.8 Å². The lowest BCUT2D eigenvalue weighted by atomic mass is 9.74. The quantitative estimate of drug-likeness (QED) is 0.831. The number of anilines is 2. The summed E-state index contributed by atoms with van der Waals surface area (Å²) in [6.45, 7) is 9.32. The average molecular weight is 282 g/mol. The van der Waals surface area contributed by atoms with Crippen LogP contribution in [0.3, 0.4) is 0 Å². The van der Waals surface area contributed by atoms with Gasteiger partial charge in [0.1, 0.15) is 0 Å². The van der Waals surface area contributed by atoms with Crippen LogP contribution >= 0.6 is 0 Å². The summed E-state index contributed by atoms with van der Waals surface area (Å²) in [7, 11) is -3.24. The maximum Gasteiger partial charge on any atom is 0.177 e. The fourth-order valence-electron chi connectivity index (χ4n) is 2.16. The highest BCUT2D eigenvalue weighted by atomic mass is 32.2. The number of rotatable bonds is 1. The number of hydrogen-bond donors (Lipinski definition) is 2. The average Bonchev–Trinajstić information content (AvgIpc) is 2.32. The Morgan fingerprint density at radius 3 is 2.37 bits per heavy atom. The molecule has 0 saturated heterocycles. The van der Waals surface area contributed by atoms with Crippen molar-refractivity contribution in [3.63, 3.8) is 0 Å². The van der Waals surface area contributed by atoms with Gasteiger partial charge in [-0.15, -0.1) is 0 Å². The predicted molar refractivity (Wildman–Crippen MR) is 79.5 cm³/mol. The Labute approximate surface area is 115 Å². The Bertz CT molecular complexity index is 604. The van der Waals surface area contributed by atoms with E-state index >= 15 is 0 Å². The third kappa shape index (κ3) is 2.43. The molecule has 0 amide bonds. The molecule has 1 aliphatic heterocycles. The summed E-state index contributed by atoms with van der Waals surface area (Å²) in [5, 5.41) is 6.78. The molecule has 0 atom stereocenters. The summed E-state index contributed by atoms with van der Waals surface area (Å²) in [6.07, 6.45) is 1.24. The molecular formula is C14H22N2O2S. The maximum atomic E-state index is 11.9. The largest absolute Gasteiger partial charge is 0.382 e. The van der Waals surface area contributed by atoms with Crippen LogP contribution in [0.1, 0.15) is 27.7 Å². The maximum absolute atomic E-state index is 11.9. The van der Waals surface area contributed by atoms with Crippen molar-refractivity contribution in [1.82, 2.24) is 0 Å². The molecule has 0 fully saturated rings. The molecule has 0 bridgehead atoms. The fourth-order valence-corrected chi connectivity index (χ4v) is 3.04. The van der Waals surface area contributed by atoms with Crippen LogP contribution < -0.4 is 10.6 Å². The Morgan fingerprint density at radius 1 is 1.16 bits per heavy atom. The Kier molecular flexibility index (Phi) is 3.08. The first-order valence-corrected chi connectivity index (χ1v) is 8.29. The normalized spacial score (nSPS) is 20.7. The van der Waals surface area contributed by atoms with Gasteiger partial charge in [-0.1, -0.05) is 19.9 Å². The highest BCUT2D eigenvalue weighted by Crippen LogP contribution is 2.41. The van der Waals surface area contributed by atoms with Gasteiger partial charge in [-0.25, -0.2) is 8.42 Å². The van der Waals surface area contributed by atoms with E-state index in [-0.39, 0.29) is 11.0 Å². The topological polar surface area (TPSA) is 58.2 Å². The predicted octanol–water partition coefficient (Wildman–Crippen LogP) is 2.73. The number of sulfone groups is 1. The van der Waals surface area contributed by atoms with Gasteiger partial charge in [0, 0.05) is 23.8 Å². The van der Waals surface area contributed by atoms with Crippen molar-refractivity contribution in [1.29, 1.82) is 0 Å². The first kappa shape index (κ1) is 14.2. The second kappa shape index (κ2) is 4.13. The SMILES string of the molecule is CC1(C)CNc2c(cccc2S(C)(=O)=O)NC1(C)C. The molecule has 106 valence electrons. The van der Waals surface area contributed by atoms with Crippen LogP contribution in [0.2, 0.25) is 0 Å². The Morgan fingerprint density at radius 2 is 1.79 bits per heavy atom. The van der Waals surface area contributed by atoms with Gasteiger partial charge in [-0.2, -0.15) is 0 Å². The highest BCUT2D eigenvalue weighted by molar-refractivity contribution is 7.90. The van der Waals surface area contributed by atoms with E-state index in [0.717, 1.165) is 5.69 Å². The second-order valence-electron chi connectivity index (χ2n) is 6.44. The van der Waals surface area contributed by atoms with E-state index < -0.39 is 9.84 Å². The summed E-state index contributed by atoms with van der Waals surface area (Å²) in [6, 6.07) is 5.34. The molecule has 0 unspecified atom stereocenters. The van der Waals surface area contributed by atoms with E-state index in [4.69, 9.17) is 0 Å². The molecule has 2 N–H and O–H groups in total. The first-order chi connectivity index (χ1) is 8.55. The number of hydrogen-bond acceptors (Lipinski definition) is 4. The van der Waals surface area contributed by atoms with E-state index in [1.54, 1.807) is 12.1 Å². The van der Waals surface area contributed by atoms with E-state index in [9.17, 15) is 8.42 Å². The van der Waals surface area contributed by atoms with Crippen molar-refractivity contribution < 1.29 is 8.42 Å². The molecule has 0 aromatic heterocycles.